The van der Waals surface area contributed by atoms with Gasteiger partial charge < -0.3 is 14.7 Å². The third kappa shape index (κ3) is 5.05. The Balaban J connectivity index is 1.04. The Morgan fingerprint density at radius 2 is 1.75 bits per heavy atom. The Morgan fingerprint density at radius 3 is 2.47 bits per heavy atom. The molecule has 3 aliphatic rings. The summed E-state index contributed by atoms with van der Waals surface area (Å²) in [7, 11) is 0. The summed E-state index contributed by atoms with van der Waals surface area (Å²) in [4.78, 5) is 16.5. The van der Waals surface area contributed by atoms with E-state index in [1.54, 1.807) is 0 Å². The molecule has 2 saturated carbocycles. The van der Waals surface area contributed by atoms with Crippen LogP contribution in [0, 0.1) is 23.5 Å². The fraction of sp³-hybridized carbons (Fsp3) is 0.667. The Bertz CT molecular complexity index is 945. The van der Waals surface area contributed by atoms with Gasteiger partial charge in [0.05, 0.1) is 5.39 Å². The smallest absolute Gasteiger partial charge is 0.220 e. The predicted octanol–water partition coefficient (Wildman–Crippen LogP) is 4.09. The van der Waals surface area contributed by atoms with Crippen molar-refractivity contribution in [3.8, 4) is 0 Å². The molecule has 6 nitrogen and oxygen atoms in total. The average molecular weight is 447 g/mol. The Kier molecular flexibility index (Phi) is 6.31. The van der Waals surface area contributed by atoms with E-state index in [1.807, 2.05) is 0 Å². The number of hydrogen-bond acceptors (Lipinski definition) is 5. The highest BCUT2D eigenvalue weighted by atomic mass is 19.1. The van der Waals surface area contributed by atoms with Crippen LogP contribution in [0.2, 0.25) is 0 Å². The topological polar surface area (TPSA) is 61.6 Å². The quantitative estimate of drug-likeness (QED) is 0.694. The van der Waals surface area contributed by atoms with Crippen molar-refractivity contribution in [3.63, 3.8) is 0 Å². The van der Waals surface area contributed by atoms with E-state index in [4.69, 9.17) is 4.52 Å². The van der Waals surface area contributed by atoms with Crippen molar-refractivity contribution in [1.82, 2.24) is 15.4 Å². The molecule has 0 unspecified atom stereocenters. The van der Waals surface area contributed by atoms with Crippen molar-refractivity contribution in [2.45, 2.75) is 57.4 Å². The van der Waals surface area contributed by atoms with Gasteiger partial charge in [-0.3, -0.25) is 9.69 Å². The van der Waals surface area contributed by atoms with Gasteiger partial charge in [0, 0.05) is 44.7 Å². The standard InChI is InChI=1S/C24H32F2N4O2/c25-18-14-20-23(21(26)15-18)32-28-24(20)30-11-9-29(10-12-30)8-7-16-3-5-19(6-4-16)27-22(31)13-17-1-2-17/h14-17,19H,1-13H2,(H,27,31). The van der Waals surface area contributed by atoms with Crippen LogP contribution in [-0.2, 0) is 4.79 Å². The molecular weight excluding hydrogens is 414 g/mol. The summed E-state index contributed by atoms with van der Waals surface area (Å²) in [6.07, 6.45) is 8.93. The van der Waals surface area contributed by atoms with Crippen LogP contribution < -0.4 is 10.2 Å². The van der Waals surface area contributed by atoms with Gasteiger partial charge in [-0.15, -0.1) is 0 Å². The number of carbonyl (C=O) groups excluding carboxylic acids is 1. The van der Waals surface area contributed by atoms with Crippen LogP contribution in [0.15, 0.2) is 16.7 Å². The van der Waals surface area contributed by atoms with Gasteiger partial charge in [0.15, 0.2) is 11.6 Å². The van der Waals surface area contributed by atoms with E-state index in [0.29, 0.717) is 23.2 Å². The maximum absolute atomic E-state index is 13.9. The molecule has 0 atom stereocenters. The molecule has 5 rings (SSSR count). The van der Waals surface area contributed by atoms with Crippen LogP contribution in [-0.4, -0.2) is 54.7 Å². The number of nitrogens with zero attached hydrogens (tertiary/aromatic N) is 3. The van der Waals surface area contributed by atoms with Gasteiger partial charge in [0.1, 0.15) is 5.82 Å². The predicted molar refractivity (Wildman–Crippen MR) is 118 cm³/mol. The van der Waals surface area contributed by atoms with Crippen LogP contribution in [0.5, 0.6) is 0 Å². The van der Waals surface area contributed by atoms with Gasteiger partial charge in [-0.2, -0.15) is 0 Å². The number of fused-ring (bicyclic) bond motifs is 1. The molecule has 3 fully saturated rings. The monoisotopic (exact) mass is 446 g/mol. The van der Waals surface area contributed by atoms with Crippen molar-refractivity contribution in [2.24, 2.45) is 11.8 Å². The maximum Gasteiger partial charge on any atom is 0.220 e. The van der Waals surface area contributed by atoms with Crippen molar-refractivity contribution >= 4 is 22.7 Å². The Labute approximate surface area is 187 Å². The molecule has 2 heterocycles. The molecule has 1 saturated heterocycles. The Hall–Kier alpha value is -2.22. The molecule has 8 heteroatoms. The number of nitrogens with one attached hydrogen (secondary N) is 1. The summed E-state index contributed by atoms with van der Waals surface area (Å²) in [5, 5.41) is 7.65. The van der Waals surface area contributed by atoms with Crippen molar-refractivity contribution in [1.29, 1.82) is 0 Å². The molecule has 2 aliphatic carbocycles. The van der Waals surface area contributed by atoms with E-state index in [0.717, 1.165) is 64.0 Å². The number of aromatic nitrogens is 1. The maximum atomic E-state index is 13.9. The summed E-state index contributed by atoms with van der Waals surface area (Å²) >= 11 is 0. The average Bonchev–Trinajstić information content (AvgIpc) is 3.49. The zero-order valence-electron chi connectivity index (χ0n) is 18.5. The molecule has 1 aromatic heterocycles. The summed E-state index contributed by atoms with van der Waals surface area (Å²) < 4.78 is 32.7. The fourth-order valence-electron chi connectivity index (χ4n) is 5.20. The number of hydrogen-bond donors (Lipinski definition) is 1. The highest BCUT2D eigenvalue weighted by Crippen LogP contribution is 2.33. The highest BCUT2D eigenvalue weighted by molar-refractivity contribution is 5.89. The molecule has 174 valence electrons. The lowest BCUT2D eigenvalue weighted by Gasteiger charge is -2.36. The van der Waals surface area contributed by atoms with Crippen LogP contribution in [0.1, 0.15) is 51.4 Å². The SMILES string of the molecule is O=C(CC1CC1)NC1CCC(CCN2CCN(c3noc4c(F)cc(F)cc34)CC2)CC1. The third-order valence-corrected chi connectivity index (χ3v) is 7.38. The van der Waals surface area contributed by atoms with Crippen LogP contribution in [0.25, 0.3) is 11.0 Å². The number of halogens is 2. The van der Waals surface area contributed by atoms with Gasteiger partial charge in [0.2, 0.25) is 11.5 Å². The first-order valence-electron chi connectivity index (χ1n) is 12.1. The summed E-state index contributed by atoms with van der Waals surface area (Å²) in [6.45, 7) is 4.40. The molecule has 1 aromatic carbocycles. The zero-order chi connectivity index (χ0) is 22.1. The van der Waals surface area contributed by atoms with Crippen molar-refractivity contribution < 1.29 is 18.1 Å². The summed E-state index contributed by atoms with van der Waals surface area (Å²) in [5.74, 6) is 0.830. The molecule has 32 heavy (non-hydrogen) atoms. The van der Waals surface area contributed by atoms with E-state index < -0.39 is 11.6 Å². The van der Waals surface area contributed by atoms with Crippen LogP contribution in [0.3, 0.4) is 0 Å². The minimum atomic E-state index is -0.713. The van der Waals surface area contributed by atoms with E-state index >= 15 is 0 Å². The lowest BCUT2D eigenvalue weighted by molar-refractivity contribution is -0.122. The zero-order valence-corrected chi connectivity index (χ0v) is 18.5. The molecule has 1 aliphatic heterocycles. The molecular formula is C24H32F2N4O2. The third-order valence-electron chi connectivity index (χ3n) is 7.38. The van der Waals surface area contributed by atoms with Gasteiger partial charge in [-0.05, 0) is 69.4 Å². The molecule has 0 spiro atoms. The van der Waals surface area contributed by atoms with E-state index in [1.165, 1.54) is 38.2 Å². The van der Waals surface area contributed by atoms with Gasteiger partial charge in [-0.25, -0.2) is 8.78 Å². The molecule has 1 amide bonds. The molecule has 1 N–H and O–H groups in total. The first-order valence-corrected chi connectivity index (χ1v) is 12.1. The number of amides is 1. The first-order chi connectivity index (χ1) is 15.5. The molecule has 0 bridgehead atoms. The number of benzene rings is 1. The van der Waals surface area contributed by atoms with E-state index in [2.05, 4.69) is 20.3 Å². The Morgan fingerprint density at radius 1 is 1.03 bits per heavy atom. The largest absolute Gasteiger partial charge is 0.353 e. The van der Waals surface area contributed by atoms with Crippen LogP contribution >= 0.6 is 0 Å². The van der Waals surface area contributed by atoms with Gasteiger partial charge in [0.25, 0.3) is 0 Å². The highest BCUT2D eigenvalue weighted by Gasteiger charge is 2.28. The number of anilines is 1. The van der Waals surface area contributed by atoms with E-state index in [9.17, 15) is 13.6 Å². The second-order valence-corrected chi connectivity index (χ2v) is 9.82. The second kappa shape index (κ2) is 9.33. The first kappa shape index (κ1) is 21.6. The number of piperazine rings is 1. The summed E-state index contributed by atoms with van der Waals surface area (Å²) in [5.41, 5.74) is 0.0168. The minimum absolute atomic E-state index is 0.0168. The van der Waals surface area contributed by atoms with Gasteiger partial charge in [-0.1, -0.05) is 5.16 Å². The normalized spacial score (nSPS) is 24.8. The summed E-state index contributed by atoms with van der Waals surface area (Å²) in [6, 6.07) is 2.49. The van der Waals surface area contributed by atoms with Gasteiger partial charge >= 0.3 is 0 Å². The number of rotatable bonds is 7. The van der Waals surface area contributed by atoms with Crippen LogP contribution in [0.4, 0.5) is 14.6 Å². The lowest BCUT2D eigenvalue weighted by atomic mass is 9.84. The molecule has 0 radical (unpaired) electrons. The number of carbonyl (C=O) groups is 1. The fourth-order valence-corrected chi connectivity index (χ4v) is 5.20. The van der Waals surface area contributed by atoms with Crippen molar-refractivity contribution in [3.05, 3.63) is 23.8 Å². The molecule has 2 aromatic rings. The minimum Gasteiger partial charge on any atom is -0.353 e. The van der Waals surface area contributed by atoms with E-state index in [-0.39, 0.29) is 11.5 Å². The lowest BCUT2D eigenvalue weighted by Crippen LogP contribution is -2.47. The second-order valence-electron chi connectivity index (χ2n) is 9.82. The van der Waals surface area contributed by atoms with Crippen molar-refractivity contribution in [2.75, 3.05) is 37.6 Å².